The van der Waals surface area contributed by atoms with E-state index in [2.05, 4.69) is 349 Å². The largest absolute Gasteiger partial charge is 0.310 e. The standard InChI is InChI=1S/C38H32N2.C34H26N2/c1-29-11-9-17-37(27-29)39(33-13-5-3-6-14-33)35-23-19-31(20-24-35)32-21-25-36(26-22-32)40(34-15-7-4-8-16-34)38-18-10-12-30(2)28-38;1-5-13-29(14-6-1)35(30-15-7-2-8-16-30)33-23-21-28-26-34(24-22-27(28)25-33)36(31-17-9-3-10-18-31)32-19-11-4-12-20-32/h3-28H,1-2H3;1-26H. The molecule has 0 N–H and O–H groups in total. The van der Waals surface area contributed by atoms with E-state index < -0.39 is 0 Å². The summed E-state index contributed by atoms with van der Waals surface area (Å²) in [6.07, 6.45) is 0. The van der Waals surface area contributed by atoms with Crippen molar-refractivity contribution in [2.75, 3.05) is 19.6 Å². The highest BCUT2D eigenvalue weighted by Crippen LogP contribution is 2.41. The van der Waals surface area contributed by atoms with Crippen molar-refractivity contribution in [1.82, 2.24) is 0 Å². The second-order valence-corrected chi connectivity index (χ2v) is 18.8. The normalized spacial score (nSPS) is 10.8. The Kier molecular flexibility index (Phi) is 14.6. The lowest BCUT2D eigenvalue weighted by Crippen LogP contribution is -2.10. The molecule has 0 saturated heterocycles. The lowest BCUT2D eigenvalue weighted by atomic mass is 10.0. The van der Waals surface area contributed by atoms with E-state index >= 15 is 0 Å². The van der Waals surface area contributed by atoms with Gasteiger partial charge in [-0.25, -0.2) is 0 Å². The van der Waals surface area contributed by atoms with Crippen LogP contribution in [0.2, 0.25) is 0 Å². The van der Waals surface area contributed by atoms with Gasteiger partial charge in [0.2, 0.25) is 0 Å². The second-order valence-electron chi connectivity index (χ2n) is 18.8. The maximum absolute atomic E-state index is 2.31. The Bertz CT molecular complexity index is 3430. The average molecular weight is 979 g/mol. The van der Waals surface area contributed by atoms with E-state index in [1.165, 1.54) is 33.0 Å². The number of nitrogens with zero attached hydrogens (tertiary/aromatic N) is 4. The fraction of sp³-hybridized carbons (Fsp3) is 0.0278. The first kappa shape index (κ1) is 48.4. The number of anilines is 12. The first-order chi connectivity index (χ1) is 37.5. The van der Waals surface area contributed by atoms with Gasteiger partial charge in [-0.2, -0.15) is 0 Å². The average Bonchev–Trinajstić information content (AvgIpc) is 3.49. The monoisotopic (exact) mass is 978 g/mol. The molecule has 12 aromatic carbocycles. The summed E-state index contributed by atoms with van der Waals surface area (Å²) in [6, 6.07) is 112. The zero-order chi connectivity index (χ0) is 51.5. The Morgan fingerprint density at radius 1 is 0.171 bits per heavy atom. The van der Waals surface area contributed by atoms with Gasteiger partial charge in [-0.1, -0.05) is 170 Å². The van der Waals surface area contributed by atoms with Gasteiger partial charge in [0.25, 0.3) is 0 Å². The SMILES string of the molecule is Cc1cccc(N(c2ccccc2)c2ccc(-c3ccc(N(c4ccccc4)c4cccc(C)c4)cc3)cc2)c1.c1ccc(N(c2ccccc2)c2ccc3cc(N(c4ccccc4)c4ccccc4)ccc3c2)cc1. The minimum atomic E-state index is 1.13. The molecule has 12 rings (SSSR count). The number of benzene rings is 12. The first-order valence-corrected chi connectivity index (χ1v) is 25.9. The molecular formula is C72H58N4. The smallest absolute Gasteiger partial charge is 0.0468 e. The Hall–Kier alpha value is -9.90. The summed E-state index contributed by atoms with van der Waals surface area (Å²) >= 11 is 0. The van der Waals surface area contributed by atoms with Gasteiger partial charge in [-0.3, -0.25) is 0 Å². The van der Waals surface area contributed by atoms with Crippen LogP contribution in [0.25, 0.3) is 21.9 Å². The first-order valence-electron chi connectivity index (χ1n) is 25.9. The highest BCUT2D eigenvalue weighted by Gasteiger charge is 2.17. The molecule has 0 radical (unpaired) electrons. The van der Waals surface area contributed by atoms with Gasteiger partial charge in [-0.15, -0.1) is 0 Å². The van der Waals surface area contributed by atoms with Crippen molar-refractivity contribution in [1.29, 1.82) is 0 Å². The summed E-state index contributed by atoms with van der Waals surface area (Å²) in [5.41, 5.74) is 18.5. The molecule has 0 fully saturated rings. The van der Waals surface area contributed by atoms with Crippen molar-refractivity contribution in [3.05, 3.63) is 327 Å². The van der Waals surface area contributed by atoms with E-state index in [1.807, 2.05) is 0 Å². The Morgan fingerprint density at radius 2 is 0.382 bits per heavy atom. The lowest BCUT2D eigenvalue weighted by molar-refractivity contribution is 1.27. The van der Waals surface area contributed by atoms with Crippen LogP contribution < -0.4 is 19.6 Å². The van der Waals surface area contributed by atoms with E-state index in [0.29, 0.717) is 0 Å². The number of hydrogen-bond donors (Lipinski definition) is 0. The molecule has 76 heavy (non-hydrogen) atoms. The van der Waals surface area contributed by atoms with Gasteiger partial charge in [-0.05, 0) is 192 Å². The summed E-state index contributed by atoms with van der Waals surface area (Å²) in [5, 5.41) is 2.41. The van der Waals surface area contributed by atoms with Gasteiger partial charge in [0.1, 0.15) is 0 Å². The summed E-state index contributed by atoms with van der Waals surface area (Å²) in [6.45, 7) is 4.27. The predicted molar refractivity (Wildman–Crippen MR) is 324 cm³/mol. The van der Waals surface area contributed by atoms with E-state index in [1.54, 1.807) is 0 Å². The zero-order valence-electron chi connectivity index (χ0n) is 42.8. The van der Waals surface area contributed by atoms with Crippen LogP contribution in [0.15, 0.2) is 315 Å². The Labute approximate surface area is 447 Å². The van der Waals surface area contributed by atoms with Gasteiger partial charge in [0, 0.05) is 68.2 Å². The molecule has 0 atom stereocenters. The molecule has 4 heteroatoms. The maximum atomic E-state index is 2.31. The minimum absolute atomic E-state index is 1.13. The third-order valence-corrected chi connectivity index (χ3v) is 13.5. The molecule has 0 aliphatic rings. The van der Waals surface area contributed by atoms with Gasteiger partial charge >= 0.3 is 0 Å². The molecule has 0 amide bonds. The molecule has 0 spiro atoms. The fourth-order valence-corrected chi connectivity index (χ4v) is 9.89. The molecule has 4 nitrogen and oxygen atoms in total. The van der Waals surface area contributed by atoms with Crippen molar-refractivity contribution in [3.8, 4) is 11.1 Å². The lowest BCUT2D eigenvalue weighted by Gasteiger charge is -2.27. The molecule has 0 heterocycles. The Balaban J connectivity index is 0.000000163. The van der Waals surface area contributed by atoms with Crippen molar-refractivity contribution in [2.24, 2.45) is 0 Å². The van der Waals surface area contributed by atoms with Crippen molar-refractivity contribution in [2.45, 2.75) is 13.8 Å². The van der Waals surface area contributed by atoms with Crippen molar-refractivity contribution in [3.63, 3.8) is 0 Å². The number of para-hydroxylation sites is 6. The summed E-state index contributed by atoms with van der Waals surface area (Å²) in [7, 11) is 0. The van der Waals surface area contributed by atoms with Crippen molar-refractivity contribution >= 4 is 79.0 Å². The number of hydrogen-bond acceptors (Lipinski definition) is 4. The van der Waals surface area contributed by atoms with E-state index in [0.717, 1.165) is 68.2 Å². The quantitative estimate of drug-likeness (QED) is 0.114. The predicted octanol–water partition coefficient (Wildman–Crippen LogP) is 20.7. The highest BCUT2D eigenvalue weighted by atomic mass is 15.2. The van der Waals surface area contributed by atoms with Gasteiger partial charge in [0.15, 0.2) is 0 Å². The van der Waals surface area contributed by atoms with Crippen LogP contribution in [-0.2, 0) is 0 Å². The zero-order valence-corrected chi connectivity index (χ0v) is 42.8. The van der Waals surface area contributed by atoms with Gasteiger partial charge in [0.05, 0.1) is 0 Å². The molecule has 0 aromatic heterocycles. The topological polar surface area (TPSA) is 13.0 Å². The summed E-state index contributed by atoms with van der Waals surface area (Å²) < 4.78 is 0. The number of rotatable bonds is 13. The third-order valence-electron chi connectivity index (χ3n) is 13.5. The van der Waals surface area contributed by atoms with Crippen LogP contribution >= 0.6 is 0 Å². The van der Waals surface area contributed by atoms with E-state index in [-0.39, 0.29) is 0 Å². The molecule has 0 saturated carbocycles. The molecule has 0 bridgehead atoms. The van der Waals surface area contributed by atoms with Crippen LogP contribution in [0, 0.1) is 13.8 Å². The maximum Gasteiger partial charge on any atom is 0.0468 e. The number of fused-ring (bicyclic) bond motifs is 1. The van der Waals surface area contributed by atoms with Gasteiger partial charge < -0.3 is 19.6 Å². The van der Waals surface area contributed by atoms with Crippen LogP contribution in [0.5, 0.6) is 0 Å². The Morgan fingerprint density at radius 3 is 0.632 bits per heavy atom. The molecule has 0 aliphatic carbocycles. The van der Waals surface area contributed by atoms with Crippen LogP contribution in [-0.4, -0.2) is 0 Å². The number of aryl methyl sites for hydroxylation is 2. The van der Waals surface area contributed by atoms with E-state index in [4.69, 9.17) is 0 Å². The molecule has 0 aliphatic heterocycles. The summed E-state index contributed by atoms with van der Waals surface area (Å²) in [4.78, 5) is 9.21. The highest BCUT2D eigenvalue weighted by molar-refractivity contribution is 5.93. The van der Waals surface area contributed by atoms with E-state index in [9.17, 15) is 0 Å². The second kappa shape index (κ2) is 22.9. The molecule has 12 aromatic rings. The third kappa shape index (κ3) is 11.0. The molecule has 0 unspecified atom stereocenters. The summed E-state index contributed by atoms with van der Waals surface area (Å²) in [5.74, 6) is 0. The van der Waals surface area contributed by atoms with Crippen LogP contribution in [0.1, 0.15) is 11.1 Å². The minimum Gasteiger partial charge on any atom is -0.310 e. The molecular weight excluding hydrogens is 921 g/mol. The van der Waals surface area contributed by atoms with Crippen LogP contribution in [0.3, 0.4) is 0 Å². The molecule has 366 valence electrons. The van der Waals surface area contributed by atoms with Crippen LogP contribution in [0.4, 0.5) is 68.2 Å². The van der Waals surface area contributed by atoms with Crippen molar-refractivity contribution < 1.29 is 0 Å². The fourth-order valence-electron chi connectivity index (χ4n) is 9.89.